The summed E-state index contributed by atoms with van der Waals surface area (Å²) < 4.78 is 7.42. The van der Waals surface area contributed by atoms with E-state index in [0.717, 1.165) is 48.9 Å². The Kier molecular flexibility index (Phi) is 6.03. The first kappa shape index (κ1) is 20.9. The highest BCUT2D eigenvalue weighted by Crippen LogP contribution is 2.40. The van der Waals surface area contributed by atoms with Crippen LogP contribution < -0.4 is 9.64 Å². The molecule has 0 bridgehead atoms. The van der Waals surface area contributed by atoms with E-state index in [2.05, 4.69) is 11.0 Å². The molecule has 2 fully saturated rings. The van der Waals surface area contributed by atoms with Gasteiger partial charge >= 0.3 is 0 Å². The SMILES string of the molecule is COc1ccccc1N1CCN(C(=O)CSc2nc(C3CC3)n(-c3ccccc3)n2)CC1. The molecule has 3 aromatic rings. The number of methoxy groups -OCH3 is 1. The molecule has 2 heterocycles. The third kappa shape index (κ3) is 4.46. The number of piperazine rings is 1. The van der Waals surface area contributed by atoms with Gasteiger partial charge in [-0.25, -0.2) is 9.67 Å². The van der Waals surface area contributed by atoms with E-state index in [0.29, 0.717) is 29.9 Å². The molecule has 166 valence electrons. The van der Waals surface area contributed by atoms with Crippen LogP contribution in [0.1, 0.15) is 24.6 Å². The number of nitrogens with zero attached hydrogens (tertiary/aromatic N) is 5. The fourth-order valence-corrected chi connectivity index (χ4v) is 4.77. The zero-order valence-electron chi connectivity index (χ0n) is 18.2. The summed E-state index contributed by atoms with van der Waals surface area (Å²) in [6, 6.07) is 18.1. The average Bonchev–Trinajstić information content (AvgIpc) is 3.62. The first-order valence-electron chi connectivity index (χ1n) is 11.0. The lowest BCUT2D eigenvalue weighted by Gasteiger charge is -2.36. The predicted molar refractivity (Wildman–Crippen MR) is 126 cm³/mol. The maximum Gasteiger partial charge on any atom is 0.233 e. The van der Waals surface area contributed by atoms with Crippen LogP contribution in [0, 0.1) is 0 Å². The number of anilines is 1. The van der Waals surface area contributed by atoms with E-state index in [-0.39, 0.29) is 5.91 Å². The lowest BCUT2D eigenvalue weighted by Crippen LogP contribution is -2.49. The van der Waals surface area contributed by atoms with E-state index in [1.165, 1.54) is 11.8 Å². The Bertz CT molecular complexity index is 1080. The summed E-state index contributed by atoms with van der Waals surface area (Å²) >= 11 is 1.43. The minimum Gasteiger partial charge on any atom is -0.495 e. The molecule has 1 aliphatic heterocycles. The number of hydrogen-bond acceptors (Lipinski definition) is 6. The van der Waals surface area contributed by atoms with Gasteiger partial charge in [0.15, 0.2) is 0 Å². The average molecular weight is 450 g/mol. The number of rotatable bonds is 7. The quantitative estimate of drug-likeness (QED) is 0.514. The van der Waals surface area contributed by atoms with Crippen LogP contribution in [0.2, 0.25) is 0 Å². The minimum absolute atomic E-state index is 0.138. The Morgan fingerprint density at radius 3 is 2.47 bits per heavy atom. The number of ether oxygens (including phenoxy) is 1. The lowest BCUT2D eigenvalue weighted by atomic mass is 10.2. The topological polar surface area (TPSA) is 63.5 Å². The van der Waals surface area contributed by atoms with Crippen molar-refractivity contribution < 1.29 is 9.53 Å². The van der Waals surface area contributed by atoms with Gasteiger partial charge in [0.2, 0.25) is 11.1 Å². The largest absolute Gasteiger partial charge is 0.495 e. The molecule has 0 spiro atoms. The van der Waals surface area contributed by atoms with Crippen molar-refractivity contribution in [1.82, 2.24) is 19.7 Å². The standard InChI is InChI=1S/C24H27N5O2S/c1-31-21-10-6-5-9-20(21)27-13-15-28(16-14-27)22(30)17-32-24-25-23(18-11-12-18)29(26-24)19-7-3-2-4-8-19/h2-10,18H,11-17H2,1H3. The van der Waals surface area contributed by atoms with Crippen molar-refractivity contribution in [1.29, 1.82) is 0 Å². The molecule has 8 heteroatoms. The fraction of sp³-hybridized carbons (Fsp3) is 0.375. The van der Waals surface area contributed by atoms with E-state index in [4.69, 9.17) is 14.8 Å². The molecule has 0 N–H and O–H groups in total. The van der Waals surface area contributed by atoms with Crippen LogP contribution >= 0.6 is 11.8 Å². The molecule has 0 radical (unpaired) electrons. The number of amides is 1. The van der Waals surface area contributed by atoms with Crippen LogP contribution in [-0.2, 0) is 4.79 Å². The molecule has 5 rings (SSSR count). The van der Waals surface area contributed by atoms with Crippen molar-refractivity contribution in [3.63, 3.8) is 0 Å². The number of aromatic nitrogens is 3. The molecular weight excluding hydrogens is 422 g/mol. The monoisotopic (exact) mass is 449 g/mol. The third-order valence-corrected chi connectivity index (χ3v) is 6.76. The molecule has 1 saturated carbocycles. The van der Waals surface area contributed by atoms with E-state index >= 15 is 0 Å². The number of benzene rings is 2. The molecule has 0 unspecified atom stereocenters. The number of para-hydroxylation sites is 3. The Balaban J connectivity index is 1.19. The molecule has 32 heavy (non-hydrogen) atoms. The fourth-order valence-electron chi connectivity index (χ4n) is 4.04. The summed E-state index contributed by atoms with van der Waals surface area (Å²) in [6.45, 7) is 3.00. The van der Waals surface area contributed by atoms with Gasteiger partial charge < -0.3 is 14.5 Å². The maximum absolute atomic E-state index is 12.8. The number of hydrogen-bond donors (Lipinski definition) is 0. The van der Waals surface area contributed by atoms with Crippen LogP contribution in [0.5, 0.6) is 5.75 Å². The Morgan fingerprint density at radius 2 is 1.75 bits per heavy atom. The van der Waals surface area contributed by atoms with Crippen molar-refractivity contribution in [3.8, 4) is 11.4 Å². The smallest absolute Gasteiger partial charge is 0.233 e. The molecular formula is C24H27N5O2S. The Labute approximate surface area is 192 Å². The van der Waals surface area contributed by atoms with Crippen molar-refractivity contribution in [2.24, 2.45) is 0 Å². The van der Waals surface area contributed by atoms with Crippen molar-refractivity contribution >= 4 is 23.4 Å². The lowest BCUT2D eigenvalue weighted by molar-refractivity contribution is -0.128. The highest BCUT2D eigenvalue weighted by molar-refractivity contribution is 7.99. The summed E-state index contributed by atoms with van der Waals surface area (Å²) in [4.78, 5) is 21.8. The van der Waals surface area contributed by atoms with E-state index in [1.54, 1.807) is 7.11 Å². The highest BCUT2D eigenvalue weighted by Gasteiger charge is 2.31. The van der Waals surface area contributed by atoms with Gasteiger partial charge in [-0.3, -0.25) is 4.79 Å². The molecule has 2 aromatic carbocycles. The van der Waals surface area contributed by atoms with Gasteiger partial charge in [-0.15, -0.1) is 5.10 Å². The number of carbonyl (C=O) groups is 1. The summed E-state index contributed by atoms with van der Waals surface area (Å²) in [7, 11) is 1.69. The van der Waals surface area contributed by atoms with Gasteiger partial charge in [0, 0.05) is 32.1 Å². The second kappa shape index (κ2) is 9.24. The molecule has 2 aliphatic rings. The van der Waals surface area contributed by atoms with Crippen molar-refractivity contribution in [3.05, 3.63) is 60.4 Å². The van der Waals surface area contributed by atoms with Crippen LogP contribution in [0.4, 0.5) is 5.69 Å². The minimum atomic E-state index is 0.138. The first-order chi connectivity index (χ1) is 15.7. The molecule has 1 saturated heterocycles. The van der Waals surface area contributed by atoms with E-state index in [1.807, 2.05) is 58.1 Å². The summed E-state index contributed by atoms with van der Waals surface area (Å²) in [5.74, 6) is 2.86. The molecule has 1 amide bonds. The highest BCUT2D eigenvalue weighted by atomic mass is 32.2. The number of thioether (sulfide) groups is 1. The van der Waals surface area contributed by atoms with Crippen molar-refractivity contribution in [2.75, 3.05) is 43.9 Å². The predicted octanol–water partition coefficient (Wildman–Crippen LogP) is 3.59. The zero-order chi connectivity index (χ0) is 21.9. The van der Waals surface area contributed by atoms with Gasteiger partial charge in [-0.1, -0.05) is 42.1 Å². The van der Waals surface area contributed by atoms with Gasteiger partial charge in [-0.2, -0.15) is 0 Å². The Morgan fingerprint density at radius 1 is 1.03 bits per heavy atom. The van der Waals surface area contributed by atoms with Gasteiger partial charge in [0.1, 0.15) is 11.6 Å². The van der Waals surface area contributed by atoms with Crippen LogP contribution in [-0.4, -0.2) is 64.6 Å². The third-order valence-electron chi connectivity index (χ3n) is 5.94. The molecule has 1 aliphatic carbocycles. The molecule has 1 aromatic heterocycles. The van der Waals surface area contributed by atoms with Crippen LogP contribution in [0.15, 0.2) is 59.8 Å². The van der Waals surface area contributed by atoms with Gasteiger partial charge in [0.05, 0.1) is 24.2 Å². The number of carbonyl (C=O) groups excluding carboxylic acids is 1. The maximum atomic E-state index is 12.8. The van der Waals surface area contributed by atoms with Gasteiger partial charge in [0.25, 0.3) is 0 Å². The van der Waals surface area contributed by atoms with Crippen LogP contribution in [0.25, 0.3) is 5.69 Å². The molecule has 7 nitrogen and oxygen atoms in total. The van der Waals surface area contributed by atoms with E-state index in [9.17, 15) is 4.79 Å². The van der Waals surface area contributed by atoms with Crippen molar-refractivity contribution in [2.45, 2.75) is 23.9 Å². The summed E-state index contributed by atoms with van der Waals surface area (Å²) in [6.07, 6.45) is 2.32. The van der Waals surface area contributed by atoms with E-state index < -0.39 is 0 Å². The normalized spacial score (nSPS) is 16.3. The second-order valence-electron chi connectivity index (χ2n) is 8.10. The van der Waals surface area contributed by atoms with Gasteiger partial charge in [-0.05, 0) is 37.1 Å². The Hall–Kier alpha value is -3.00. The van der Waals surface area contributed by atoms with Crippen LogP contribution in [0.3, 0.4) is 0 Å². The first-order valence-corrected chi connectivity index (χ1v) is 12.0. The second-order valence-corrected chi connectivity index (χ2v) is 9.05. The summed E-state index contributed by atoms with van der Waals surface area (Å²) in [5, 5.41) is 5.38. The summed E-state index contributed by atoms with van der Waals surface area (Å²) in [5.41, 5.74) is 2.10. The molecule has 0 atom stereocenters. The zero-order valence-corrected chi connectivity index (χ0v) is 19.0.